The van der Waals surface area contributed by atoms with Crippen molar-refractivity contribution in [2.24, 2.45) is 7.05 Å². The SMILES string of the molecule is Cc1cc(-c2nccn2C)[n+](Cc2ccccc2)c2ccccc12. The summed E-state index contributed by atoms with van der Waals surface area (Å²) in [7, 11) is 2.04. The molecule has 0 unspecified atom stereocenters. The molecule has 3 nitrogen and oxygen atoms in total. The first-order chi connectivity index (χ1) is 11.7. The first-order valence-corrected chi connectivity index (χ1v) is 8.18. The Morgan fingerprint density at radius 2 is 1.75 bits per heavy atom. The normalized spacial score (nSPS) is 11.1. The van der Waals surface area contributed by atoms with Crippen molar-refractivity contribution in [3.8, 4) is 11.5 Å². The fourth-order valence-corrected chi connectivity index (χ4v) is 3.27. The van der Waals surface area contributed by atoms with Crippen LogP contribution < -0.4 is 4.57 Å². The molecule has 24 heavy (non-hydrogen) atoms. The minimum atomic E-state index is 0.823. The highest BCUT2D eigenvalue weighted by atomic mass is 15.1. The number of aromatic nitrogens is 3. The van der Waals surface area contributed by atoms with Gasteiger partial charge in [-0.15, -0.1) is 0 Å². The van der Waals surface area contributed by atoms with Gasteiger partial charge in [0.2, 0.25) is 17.0 Å². The Balaban J connectivity index is 2.00. The highest BCUT2D eigenvalue weighted by molar-refractivity contribution is 5.80. The van der Waals surface area contributed by atoms with E-state index in [-0.39, 0.29) is 0 Å². The quantitative estimate of drug-likeness (QED) is 0.526. The fraction of sp³-hybridized carbons (Fsp3) is 0.143. The molecule has 0 fully saturated rings. The first-order valence-electron chi connectivity index (χ1n) is 8.18. The van der Waals surface area contributed by atoms with Crippen molar-refractivity contribution in [3.05, 3.63) is 84.2 Å². The molecular weight excluding hydrogens is 294 g/mol. The second kappa shape index (κ2) is 5.93. The van der Waals surface area contributed by atoms with Gasteiger partial charge in [0.1, 0.15) is 0 Å². The van der Waals surface area contributed by atoms with Crippen LogP contribution in [0, 0.1) is 6.92 Å². The number of aryl methyl sites for hydroxylation is 2. The van der Waals surface area contributed by atoms with Gasteiger partial charge in [-0.2, -0.15) is 4.57 Å². The van der Waals surface area contributed by atoms with Crippen LogP contribution in [-0.4, -0.2) is 9.55 Å². The second-order valence-corrected chi connectivity index (χ2v) is 6.16. The molecule has 0 N–H and O–H groups in total. The lowest BCUT2D eigenvalue weighted by Crippen LogP contribution is -2.38. The van der Waals surface area contributed by atoms with Crippen molar-refractivity contribution >= 4 is 10.9 Å². The topological polar surface area (TPSA) is 21.7 Å². The smallest absolute Gasteiger partial charge is 0.249 e. The number of para-hydroxylation sites is 1. The van der Waals surface area contributed by atoms with Gasteiger partial charge in [-0.25, -0.2) is 4.98 Å². The third-order valence-electron chi connectivity index (χ3n) is 4.50. The zero-order chi connectivity index (χ0) is 16.5. The number of nitrogens with zero attached hydrogens (tertiary/aromatic N) is 3. The van der Waals surface area contributed by atoms with Crippen LogP contribution in [-0.2, 0) is 13.6 Å². The number of hydrogen-bond donors (Lipinski definition) is 0. The van der Waals surface area contributed by atoms with Gasteiger partial charge in [-0.1, -0.05) is 42.5 Å². The van der Waals surface area contributed by atoms with E-state index in [0.29, 0.717) is 0 Å². The van der Waals surface area contributed by atoms with Crippen LogP contribution >= 0.6 is 0 Å². The molecule has 4 rings (SSSR count). The summed E-state index contributed by atoms with van der Waals surface area (Å²) in [6.07, 6.45) is 3.85. The van der Waals surface area contributed by atoms with Gasteiger partial charge < -0.3 is 4.57 Å². The minimum Gasteiger partial charge on any atom is -0.329 e. The van der Waals surface area contributed by atoms with Crippen LogP contribution in [0.2, 0.25) is 0 Å². The Labute approximate surface area is 141 Å². The summed E-state index contributed by atoms with van der Waals surface area (Å²) in [6.45, 7) is 2.99. The molecule has 0 saturated carbocycles. The highest BCUT2D eigenvalue weighted by Crippen LogP contribution is 2.22. The average Bonchev–Trinajstić information content (AvgIpc) is 3.04. The van der Waals surface area contributed by atoms with Crippen LogP contribution in [0.3, 0.4) is 0 Å². The standard InChI is InChI=1S/C21H20N3/c1-16-14-20(21-22-12-13-23(21)2)24(15-17-8-4-3-5-9-17)19-11-7-6-10-18(16)19/h3-14H,15H2,1-2H3/q+1. The molecule has 0 radical (unpaired) electrons. The zero-order valence-corrected chi connectivity index (χ0v) is 14.0. The number of benzene rings is 2. The van der Waals surface area contributed by atoms with Gasteiger partial charge in [0.15, 0.2) is 6.54 Å². The lowest BCUT2D eigenvalue weighted by molar-refractivity contribution is -0.651. The van der Waals surface area contributed by atoms with Crippen molar-refractivity contribution in [3.63, 3.8) is 0 Å². The van der Waals surface area contributed by atoms with Crippen LogP contribution in [0.4, 0.5) is 0 Å². The monoisotopic (exact) mass is 314 g/mol. The van der Waals surface area contributed by atoms with E-state index in [4.69, 9.17) is 0 Å². The third kappa shape index (κ3) is 2.48. The molecule has 0 aliphatic heterocycles. The van der Waals surface area contributed by atoms with E-state index >= 15 is 0 Å². The Hall–Kier alpha value is -2.94. The van der Waals surface area contributed by atoms with Gasteiger partial charge in [0, 0.05) is 42.5 Å². The lowest BCUT2D eigenvalue weighted by atomic mass is 10.1. The average molecular weight is 314 g/mol. The van der Waals surface area contributed by atoms with Gasteiger partial charge in [-0.05, 0) is 18.6 Å². The maximum absolute atomic E-state index is 4.58. The molecule has 0 saturated heterocycles. The summed E-state index contributed by atoms with van der Waals surface area (Å²) in [4.78, 5) is 4.58. The van der Waals surface area contributed by atoms with Crippen LogP contribution in [0.5, 0.6) is 0 Å². The van der Waals surface area contributed by atoms with Gasteiger partial charge in [-0.3, -0.25) is 0 Å². The number of rotatable bonds is 3. The van der Waals surface area contributed by atoms with E-state index in [1.807, 2.05) is 19.4 Å². The van der Waals surface area contributed by atoms with E-state index in [9.17, 15) is 0 Å². The van der Waals surface area contributed by atoms with Crippen molar-refractivity contribution in [2.75, 3.05) is 0 Å². The van der Waals surface area contributed by atoms with Crippen LogP contribution in [0.15, 0.2) is 73.1 Å². The molecule has 2 aromatic carbocycles. The van der Waals surface area contributed by atoms with E-state index in [1.165, 1.54) is 22.0 Å². The van der Waals surface area contributed by atoms with Crippen molar-refractivity contribution in [1.29, 1.82) is 0 Å². The van der Waals surface area contributed by atoms with Gasteiger partial charge in [0.05, 0.1) is 0 Å². The molecule has 0 atom stereocenters. The molecule has 0 aliphatic carbocycles. The van der Waals surface area contributed by atoms with Crippen LogP contribution in [0.1, 0.15) is 11.1 Å². The number of pyridine rings is 1. The van der Waals surface area contributed by atoms with Gasteiger partial charge >= 0.3 is 0 Å². The zero-order valence-electron chi connectivity index (χ0n) is 14.0. The van der Waals surface area contributed by atoms with E-state index in [0.717, 1.165) is 18.1 Å². The van der Waals surface area contributed by atoms with Gasteiger partial charge in [0.25, 0.3) is 0 Å². The molecule has 4 aromatic rings. The van der Waals surface area contributed by atoms with Crippen molar-refractivity contribution < 1.29 is 4.57 Å². The first kappa shape index (κ1) is 14.6. The van der Waals surface area contributed by atoms with E-state index in [2.05, 4.69) is 81.7 Å². The Morgan fingerprint density at radius 1 is 1.00 bits per heavy atom. The van der Waals surface area contributed by atoms with Crippen molar-refractivity contribution in [2.45, 2.75) is 13.5 Å². The summed E-state index contributed by atoms with van der Waals surface area (Å²) in [5.41, 5.74) is 4.93. The third-order valence-corrected chi connectivity index (χ3v) is 4.50. The molecule has 0 aliphatic rings. The highest BCUT2D eigenvalue weighted by Gasteiger charge is 2.22. The molecule has 0 bridgehead atoms. The largest absolute Gasteiger partial charge is 0.329 e. The predicted molar refractivity (Wildman–Crippen MR) is 96.6 cm³/mol. The van der Waals surface area contributed by atoms with Crippen molar-refractivity contribution in [1.82, 2.24) is 9.55 Å². The Bertz CT molecular complexity index is 1000. The maximum Gasteiger partial charge on any atom is 0.249 e. The second-order valence-electron chi connectivity index (χ2n) is 6.16. The molecule has 118 valence electrons. The minimum absolute atomic E-state index is 0.823. The molecule has 0 amide bonds. The Morgan fingerprint density at radius 3 is 2.50 bits per heavy atom. The summed E-state index contributed by atoms with van der Waals surface area (Å²) in [5, 5.41) is 1.28. The predicted octanol–water partition coefficient (Wildman–Crippen LogP) is 3.88. The lowest BCUT2D eigenvalue weighted by Gasteiger charge is -2.10. The number of imidazole rings is 1. The number of hydrogen-bond acceptors (Lipinski definition) is 1. The van der Waals surface area contributed by atoms with E-state index in [1.54, 1.807) is 0 Å². The molecule has 3 heteroatoms. The fourth-order valence-electron chi connectivity index (χ4n) is 3.27. The molecule has 2 aromatic heterocycles. The molecule has 2 heterocycles. The molecule has 0 spiro atoms. The maximum atomic E-state index is 4.58. The van der Waals surface area contributed by atoms with Crippen LogP contribution in [0.25, 0.3) is 22.4 Å². The summed E-state index contributed by atoms with van der Waals surface area (Å²) < 4.78 is 4.44. The molecular formula is C21H20N3+. The van der Waals surface area contributed by atoms with E-state index < -0.39 is 0 Å². The summed E-state index contributed by atoms with van der Waals surface area (Å²) in [5.74, 6) is 0.986. The summed E-state index contributed by atoms with van der Waals surface area (Å²) >= 11 is 0. The number of fused-ring (bicyclic) bond motifs is 1. The summed E-state index contributed by atoms with van der Waals surface area (Å²) in [6, 6.07) is 21.4. The Kier molecular flexibility index (Phi) is 3.62.